The molecule has 2 rings (SSSR count). The van der Waals surface area contributed by atoms with E-state index in [1.807, 2.05) is 37.3 Å². The van der Waals surface area contributed by atoms with Gasteiger partial charge in [0, 0.05) is 0 Å². The van der Waals surface area contributed by atoms with Gasteiger partial charge in [-0.2, -0.15) is 0 Å². The van der Waals surface area contributed by atoms with E-state index in [1.165, 1.54) is 0 Å². The smallest absolute Gasteiger partial charge is 0.395 e. The number of hydrogen-bond donors (Lipinski definition) is 1. The maximum absolute atomic E-state index is 12.8. The van der Waals surface area contributed by atoms with E-state index in [9.17, 15) is 9.67 Å². The molecule has 0 spiro atoms. The Morgan fingerprint density at radius 1 is 1.18 bits per heavy atom. The topological polar surface area (TPSA) is 65.0 Å². The first-order chi connectivity index (χ1) is 10.5. The van der Waals surface area contributed by atoms with Crippen LogP contribution in [-0.4, -0.2) is 24.6 Å². The summed E-state index contributed by atoms with van der Waals surface area (Å²) < 4.78 is 28.8. The van der Waals surface area contributed by atoms with Gasteiger partial charge in [-0.3, -0.25) is 4.57 Å². The van der Waals surface area contributed by atoms with Gasteiger partial charge < -0.3 is 18.9 Å². The van der Waals surface area contributed by atoms with E-state index in [2.05, 4.69) is 0 Å². The number of ether oxygens (including phenoxy) is 1. The number of allylic oxidation sites excluding steroid dienone is 1. The van der Waals surface area contributed by atoms with Crippen LogP contribution in [0.25, 0.3) is 0 Å². The molecule has 1 heterocycles. The highest BCUT2D eigenvalue weighted by Gasteiger charge is 2.41. The van der Waals surface area contributed by atoms with Crippen LogP contribution in [-0.2, 0) is 18.3 Å². The first kappa shape index (κ1) is 17.2. The molecule has 0 saturated heterocycles. The predicted octanol–water partition coefficient (Wildman–Crippen LogP) is 3.86. The number of benzene rings is 1. The fraction of sp³-hybridized carbons (Fsp3) is 0.500. The fourth-order valence-corrected chi connectivity index (χ4v) is 4.29. The van der Waals surface area contributed by atoms with Gasteiger partial charge in [-0.1, -0.05) is 37.3 Å². The zero-order chi connectivity index (χ0) is 16.2. The molecular weight excluding hydrogens is 303 g/mol. The second kappa shape index (κ2) is 7.42. The van der Waals surface area contributed by atoms with Gasteiger partial charge in [0.2, 0.25) is 11.8 Å². The van der Waals surface area contributed by atoms with Crippen molar-refractivity contribution in [2.45, 2.75) is 33.0 Å². The van der Waals surface area contributed by atoms with Crippen LogP contribution in [0.1, 0.15) is 32.3 Å². The zero-order valence-electron chi connectivity index (χ0n) is 13.1. The van der Waals surface area contributed by atoms with E-state index in [0.717, 1.165) is 5.56 Å². The van der Waals surface area contributed by atoms with Crippen molar-refractivity contribution >= 4 is 7.60 Å². The second-order valence-electron chi connectivity index (χ2n) is 5.14. The molecule has 0 amide bonds. The lowest BCUT2D eigenvalue weighted by molar-refractivity contribution is -0.0958. The van der Waals surface area contributed by atoms with Crippen molar-refractivity contribution in [3.05, 3.63) is 47.5 Å². The minimum atomic E-state index is -3.51. The van der Waals surface area contributed by atoms with Crippen molar-refractivity contribution in [2.75, 3.05) is 13.2 Å². The molecule has 1 aliphatic heterocycles. The average Bonchev–Trinajstić information content (AvgIpc) is 2.48. The molecule has 5 nitrogen and oxygen atoms in total. The summed E-state index contributed by atoms with van der Waals surface area (Å²) in [6.07, 6.45) is 0.642. The van der Waals surface area contributed by atoms with Crippen molar-refractivity contribution < 1.29 is 23.5 Å². The largest absolute Gasteiger partial charge is 0.456 e. The molecule has 0 aliphatic carbocycles. The van der Waals surface area contributed by atoms with Gasteiger partial charge in [-0.05, 0) is 31.4 Å². The lowest BCUT2D eigenvalue weighted by Crippen LogP contribution is -2.30. The Morgan fingerprint density at radius 3 is 2.27 bits per heavy atom. The number of aliphatic hydroxyl groups excluding tert-OH is 1. The molecule has 22 heavy (non-hydrogen) atoms. The summed E-state index contributed by atoms with van der Waals surface area (Å²) in [5.41, 5.74) is 1.07. The third kappa shape index (κ3) is 3.61. The third-order valence-corrected chi connectivity index (χ3v) is 5.56. The molecule has 1 aliphatic rings. The third-order valence-electron chi connectivity index (χ3n) is 3.57. The van der Waals surface area contributed by atoms with E-state index in [4.69, 9.17) is 13.8 Å². The number of rotatable bonds is 6. The molecule has 0 saturated carbocycles. The maximum Gasteiger partial charge on any atom is 0.395 e. The molecule has 6 heteroatoms. The number of aliphatic hydroxyl groups is 1. The Kier molecular flexibility index (Phi) is 5.81. The lowest BCUT2D eigenvalue weighted by Gasteiger charge is -2.34. The minimum absolute atomic E-state index is 0.0598. The zero-order valence-corrected chi connectivity index (χ0v) is 14.0. The molecule has 0 aromatic heterocycles. The van der Waals surface area contributed by atoms with E-state index < -0.39 is 13.9 Å². The maximum atomic E-state index is 12.8. The summed E-state index contributed by atoms with van der Waals surface area (Å²) in [4.78, 5) is 0. The second-order valence-corrected chi connectivity index (χ2v) is 7.09. The van der Waals surface area contributed by atoms with Crippen LogP contribution in [0.3, 0.4) is 0 Å². The van der Waals surface area contributed by atoms with Crippen LogP contribution < -0.4 is 0 Å². The molecule has 1 N–H and O–H groups in total. The van der Waals surface area contributed by atoms with Crippen molar-refractivity contribution in [3.8, 4) is 0 Å². The van der Waals surface area contributed by atoms with Crippen LogP contribution in [0.15, 0.2) is 41.9 Å². The Bertz CT molecular complexity index is 547. The highest BCUT2D eigenvalue weighted by atomic mass is 31.2. The van der Waals surface area contributed by atoms with Crippen LogP contribution in [0.2, 0.25) is 0 Å². The van der Waals surface area contributed by atoms with Gasteiger partial charge in [0.05, 0.1) is 19.1 Å². The Balaban J connectivity index is 2.29. The van der Waals surface area contributed by atoms with E-state index in [0.29, 0.717) is 0 Å². The Hall–Kier alpha value is -1.13. The molecule has 3 atom stereocenters. The number of hydrogen-bond acceptors (Lipinski definition) is 5. The van der Waals surface area contributed by atoms with Crippen molar-refractivity contribution in [2.24, 2.45) is 5.92 Å². The van der Waals surface area contributed by atoms with E-state index in [1.54, 1.807) is 19.9 Å². The van der Waals surface area contributed by atoms with Gasteiger partial charge in [0.25, 0.3) is 0 Å². The van der Waals surface area contributed by atoms with Crippen LogP contribution >= 0.6 is 7.60 Å². The van der Waals surface area contributed by atoms with Crippen molar-refractivity contribution in [1.29, 1.82) is 0 Å². The molecule has 1 aromatic carbocycles. The van der Waals surface area contributed by atoms with Crippen LogP contribution in [0, 0.1) is 5.92 Å². The first-order valence-corrected chi connectivity index (χ1v) is 9.07. The van der Waals surface area contributed by atoms with Gasteiger partial charge in [0.15, 0.2) is 0 Å². The normalized spacial score (nSPS) is 25.5. The van der Waals surface area contributed by atoms with E-state index >= 15 is 0 Å². The summed E-state index contributed by atoms with van der Waals surface area (Å²) >= 11 is 0. The monoisotopic (exact) mass is 326 g/mol. The van der Waals surface area contributed by atoms with Gasteiger partial charge >= 0.3 is 7.60 Å². The van der Waals surface area contributed by atoms with Crippen LogP contribution in [0.5, 0.6) is 0 Å². The highest BCUT2D eigenvalue weighted by molar-refractivity contribution is 7.58. The quantitative estimate of drug-likeness (QED) is 0.804. The van der Waals surface area contributed by atoms with Crippen LogP contribution in [0.4, 0.5) is 0 Å². The molecule has 0 fully saturated rings. The molecular formula is C16H23O5P. The van der Waals surface area contributed by atoms with Gasteiger partial charge in [0.1, 0.15) is 0 Å². The Labute approximate surface area is 131 Å². The molecule has 1 unspecified atom stereocenters. The van der Waals surface area contributed by atoms with Crippen molar-refractivity contribution in [3.63, 3.8) is 0 Å². The predicted molar refractivity (Wildman–Crippen MR) is 84.4 cm³/mol. The lowest BCUT2D eigenvalue weighted by atomic mass is 9.85. The standard InChI is InChI=1S/C16H23O5P/c1-4-19-22(18,20-5-2)14-11-12(3)15(16(17)21-14)13-9-7-6-8-10-13/h6-12,15-17H,4-5H2,1-3H3/t12-,15-,16?/m0/s1. The molecule has 0 radical (unpaired) electrons. The Morgan fingerprint density at radius 2 is 1.77 bits per heavy atom. The summed E-state index contributed by atoms with van der Waals surface area (Å²) in [5.74, 6) is -0.281. The molecule has 122 valence electrons. The summed E-state index contributed by atoms with van der Waals surface area (Å²) in [6.45, 7) is 5.91. The molecule has 0 bridgehead atoms. The summed E-state index contributed by atoms with van der Waals surface area (Å²) in [5, 5.41) is 10.4. The minimum Gasteiger partial charge on any atom is -0.456 e. The SMILES string of the molecule is CCOP(=O)(OCC)C1=C[C@H](C)[C@@H](c2ccccc2)C(O)O1. The van der Waals surface area contributed by atoms with Crippen molar-refractivity contribution in [1.82, 2.24) is 0 Å². The van der Waals surface area contributed by atoms with Gasteiger partial charge in [-0.15, -0.1) is 0 Å². The first-order valence-electron chi connectivity index (χ1n) is 7.53. The highest BCUT2D eigenvalue weighted by Crippen LogP contribution is 2.59. The average molecular weight is 326 g/mol. The summed E-state index contributed by atoms with van der Waals surface area (Å²) in [7, 11) is -3.51. The molecule has 1 aromatic rings. The fourth-order valence-electron chi connectivity index (χ4n) is 2.63. The summed E-state index contributed by atoms with van der Waals surface area (Å²) in [6, 6.07) is 9.64. The van der Waals surface area contributed by atoms with E-state index in [-0.39, 0.29) is 30.5 Å². The van der Waals surface area contributed by atoms with Gasteiger partial charge in [-0.25, -0.2) is 0 Å².